The second-order valence-corrected chi connectivity index (χ2v) is 18.2. The van der Waals surface area contributed by atoms with E-state index in [4.69, 9.17) is 4.42 Å². The van der Waals surface area contributed by atoms with Gasteiger partial charge in [0.1, 0.15) is 5.58 Å². The zero-order valence-corrected chi connectivity index (χ0v) is 33.4. The van der Waals surface area contributed by atoms with E-state index < -0.39 is 5.41 Å². The van der Waals surface area contributed by atoms with Gasteiger partial charge >= 0.3 is 0 Å². The summed E-state index contributed by atoms with van der Waals surface area (Å²) in [6.07, 6.45) is 0. The number of nitrogens with one attached hydrogen (secondary N) is 1. The maximum Gasteiger partial charge on any atom is 0.159 e. The molecule has 0 bridgehead atoms. The number of anilines is 2. The molecule has 1 heterocycles. The molecule has 8 aromatic carbocycles. The van der Waals surface area contributed by atoms with Gasteiger partial charge in [-0.25, -0.2) is 0 Å². The fourth-order valence-electron chi connectivity index (χ4n) is 9.94. The molecular formula is C55H45NO. The van der Waals surface area contributed by atoms with E-state index in [1.54, 1.807) is 0 Å². The molecule has 2 aliphatic rings. The standard InChI is InChI=1S/C55H45NO/c1-53(2,3)35-23-26-41-42-27-24-36(54(4,5)6)31-47(42)55(46(41)30-35)45-22-13-12-19-40(45)43-28-25-37(32-48(43)55)56-49-29-34-17-10-11-18-38(34)50-44-21-14-20-39(51(44)57-52(49)50)33-15-8-7-9-16-33/h7-32,56H,1-6H3. The summed E-state index contributed by atoms with van der Waals surface area (Å²) in [6.45, 7) is 13.9. The summed E-state index contributed by atoms with van der Waals surface area (Å²) >= 11 is 0. The minimum atomic E-state index is -0.473. The lowest BCUT2D eigenvalue weighted by Gasteiger charge is -2.33. The molecular weight excluding hydrogens is 691 g/mol. The number of benzene rings is 8. The van der Waals surface area contributed by atoms with E-state index in [9.17, 15) is 0 Å². The molecule has 0 aliphatic heterocycles. The molecule has 1 spiro atoms. The van der Waals surface area contributed by atoms with E-state index in [-0.39, 0.29) is 10.8 Å². The Kier molecular flexibility index (Phi) is 7.03. The van der Waals surface area contributed by atoms with Gasteiger partial charge in [0, 0.05) is 22.0 Å². The second-order valence-electron chi connectivity index (χ2n) is 18.2. The molecule has 2 aliphatic carbocycles. The third kappa shape index (κ3) is 4.83. The van der Waals surface area contributed by atoms with Crippen molar-refractivity contribution >= 4 is 44.1 Å². The number of furan rings is 1. The van der Waals surface area contributed by atoms with Crippen LogP contribution >= 0.6 is 0 Å². The molecule has 0 saturated heterocycles. The Bertz CT molecular complexity index is 3050. The molecule has 2 nitrogen and oxygen atoms in total. The minimum absolute atomic E-state index is 0.000333. The average molecular weight is 736 g/mol. The lowest BCUT2D eigenvalue weighted by Crippen LogP contribution is -2.27. The largest absolute Gasteiger partial charge is 0.453 e. The van der Waals surface area contributed by atoms with Crippen LogP contribution in [0.4, 0.5) is 11.4 Å². The van der Waals surface area contributed by atoms with Crippen molar-refractivity contribution < 1.29 is 4.42 Å². The van der Waals surface area contributed by atoms with E-state index in [1.807, 2.05) is 0 Å². The van der Waals surface area contributed by atoms with E-state index in [0.717, 1.165) is 44.4 Å². The van der Waals surface area contributed by atoms with Crippen molar-refractivity contribution in [3.05, 3.63) is 191 Å². The summed E-state index contributed by atoms with van der Waals surface area (Å²) in [5.41, 5.74) is 18.9. The minimum Gasteiger partial charge on any atom is -0.453 e. The number of rotatable bonds is 3. The molecule has 0 saturated carbocycles. The fourth-order valence-corrected chi connectivity index (χ4v) is 9.94. The highest BCUT2D eigenvalue weighted by atomic mass is 16.3. The quantitative estimate of drug-likeness (QED) is 0.195. The predicted molar refractivity (Wildman–Crippen MR) is 240 cm³/mol. The van der Waals surface area contributed by atoms with Crippen molar-refractivity contribution in [1.29, 1.82) is 0 Å². The third-order valence-electron chi connectivity index (χ3n) is 12.8. The molecule has 0 fully saturated rings. The first-order chi connectivity index (χ1) is 27.5. The van der Waals surface area contributed by atoms with Gasteiger partial charge in [-0.05, 0) is 101 Å². The van der Waals surface area contributed by atoms with Crippen LogP contribution < -0.4 is 5.32 Å². The molecule has 276 valence electrons. The molecule has 2 heteroatoms. The summed E-state index contributed by atoms with van der Waals surface area (Å²) in [5.74, 6) is 0. The Labute approximate surface area is 334 Å². The molecule has 0 amide bonds. The molecule has 0 radical (unpaired) electrons. The molecule has 57 heavy (non-hydrogen) atoms. The summed E-state index contributed by atoms with van der Waals surface area (Å²) in [5, 5.41) is 8.57. The van der Waals surface area contributed by atoms with Crippen molar-refractivity contribution in [2.45, 2.75) is 57.8 Å². The summed E-state index contributed by atoms with van der Waals surface area (Å²) < 4.78 is 7.01. The topological polar surface area (TPSA) is 25.2 Å². The van der Waals surface area contributed by atoms with Crippen molar-refractivity contribution in [3.8, 4) is 33.4 Å². The fraction of sp³-hybridized carbons (Fsp3) is 0.164. The molecule has 11 rings (SSSR count). The van der Waals surface area contributed by atoms with Crippen LogP contribution in [0, 0.1) is 0 Å². The van der Waals surface area contributed by atoms with E-state index in [1.165, 1.54) is 66.4 Å². The third-order valence-corrected chi connectivity index (χ3v) is 12.8. The zero-order chi connectivity index (χ0) is 38.8. The van der Waals surface area contributed by atoms with Crippen LogP contribution in [-0.4, -0.2) is 0 Å². The Morgan fingerprint density at radius 2 is 1.00 bits per heavy atom. The molecule has 1 aromatic heterocycles. The van der Waals surface area contributed by atoms with Crippen LogP contribution in [0.5, 0.6) is 0 Å². The van der Waals surface area contributed by atoms with Crippen LogP contribution in [0.1, 0.15) is 74.9 Å². The Hall–Kier alpha value is -6.38. The molecule has 1 N–H and O–H groups in total. The highest BCUT2D eigenvalue weighted by Gasteiger charge is 2.52. The van der Waals surface area contributed by atoms with E-state index in [0.29, 0.717) is 0 Å². The van der Waals surface area contributed by atoms with Gasteiger partial charge in [-0.3, -0.25) is 0 Å². The highest BCUT2D eigenvalue weighted by Crippen LogP contribution is 2.64. The van der Waals surface area contributed by atoms with Crippen molar-refractivity contribution in [2.24, 2.45) is 0 Å². The maximum atomic E-state index is 7.01. The first kappa shape index (κ1) is 33.9. The van der Waals surface area contributed by atoms with Crippen LogP contribution in [-0.2, 0) is 16.2 Å². The van der Waals surface area contributed by atoms with Gasteiger partial charge in [-0.1, -0.05) is 181 Å². The molecule has 0 unspecified atom stereocenters. The summed E-state index contributed by atoms with van der Waals surface area (Å²) in [6, 6.07) is 58.7. The Morgan fingerprint density at radius 1 is 0.439 bits per heavy atom. The maximum absolute atomic E-state index is 7.01. The number of fused-ring (bicyclic) bond motifs is 15. The van der Waals surface area contributed by atoms with Crippen LogP contribution in [0.2, 0.25) is 0 Å². The smallest absolute Gasteiger partial charge is 0.159 e. The van der Waals surface area contributed by atoms with Crippen LogP contribution in [0.3, 0.4) is 0 Å². The predicted octanol–water partition coefficient (Wildman–Crippen LogP) is 15.1. The van der Waals surface area contributed by atoms with Crippen molar-refractivity contribution in [2.75, 3.05) is 5.32 Å². The van der Waals surface area contributed by atoms with Gasteiger partial charge in [0.25, 0.3) is 0 Å². The number of para-hydroxylation sites is 1. The van der Waals surface area contributed by atoms with Gasteiger partial charge in [-0.15, -0.1) is 0 Å². The Balaban J connectivity index is 1.16. The number of hydrogen-bond acceptors (Lipinski definition) is 2. The van der Waals surface area contributed by atoms with E-state index >= 15 is 0 Å². The first-order valence-corrected chi connectivity index (χ1v) is 20.3. The second kappa shape index (κ2) is 11.8. The van der Waals surface area contributed by atoms with Gasteiger partial charge < -0.3 is 9.73 Å². The molecule has 0 atom stereocenters. The molecule has 9 aromatic rings. The van der Waals surface area contributed by atoms with E-state index in [2.05, 4.69) is 205 Å². The SMILES string of the molecule is CC(C)(C)c1ccc2c(c1)C1(c3ccccc3-c3ccc(Nc4cc5ccccc5c5c4oc4c(-c6ccccc6)cccc45)cc31)c1cc(C(C)(C)C)ccc1-2. The van der Waals surface area contributed by atoms with Gasteiger partial charge in [0.2, 0.25) is 0 Å². The summed E-state index contributed by atoms with van der Waals surface area (Å²) in [4.78, 5) is 0. The van der Waals surface area contributed by atoms with Crippen LogP contribution in [0.25, 0.3) is 66.1 Å². The van der Waals surface area contributed by atoms with Crippen molar-refractivity contribution in [1.82, 2.24) is 0 Å². The number of hydrogen-bond donors (Lipinski definition) is 1. The zero-order valence-electron chi connectivity index (χ0n) is 33.4. The normalized spacial score (nSPS) is 13.9. The monoisotopic (exact) mass is 735 g/mol. The summed E-state index contributed by atoms with van der Waals surface area (Å²) in [7, 11) is 0. The Morgan fingerprint density at radius 3 is 1.70 bits per heavy atom. The van der Waals surface area contributed by atoms with Gasteiger partial charge in [0.05, 0.1) is 11.1 Å². The van der Waals surface area contributed by atoms with Crippen molar-refractivity contribution in [3.63, 3.8) is 0 Å². The lowest BCUT2D eigenvalue weighted by atomic mass is 9.68. The van der Waals surface area contributed by atoms with Crippen LogP contribution in [0.15, 0.2) is 162 Å². The average Bonchev–Trinajstić information content (AvgIpc) is 3.85. The van der Waals surface area contributed by atoms with Gasteiger partial charge in [0.15, 0.2) is 5.58 Å². The highest BCUT2D eigenvalue weighted by molar-refractivity contribution is 6.24. The first-order valence-electron chi connectivity index (χ1n) is 20.3. The van der Waals surface area contributed by atoms with Gasteiger partial charge in [-0.2, -0.15) is 0 Å². The lowest BCUT2D eigenvalue weighted by molar-refractivity contribution is 0.586.